The molecule has 2 N–H and O–H groups in total. The number of amides is 2. The van der Waals surface area contributed by atoms with Gasteiger partial charge in [0, 0.05) is 44.2 Å². The van der Waals surface area contributed by atoms with Gasteiger partial charge >= 0.3 is 0 Å². The fourth-order valence-corrected chi connectivity index (χ4v) is 5.30. The lowest BCUT2D eigenvalue weighted by Gasteiger charge is -2.29. The van der Waals surface area contributed by atoms with Gasteiger partial charge in [0.1, 0.15) is 11.6 Å². The van der Waals surface area contributed by atoms with Crippen LogP contribution in [0.5, 0.6) is 0 Å². The highest BCUT2D eigenvalue weighted by atomic mass is 16.3. The van der Waals surface area contributed by atoms with Crippen LogP contribution >= 0.6 is 0 Å². The van der Waals surface area contributed by atoms with Crippen LogP contribution in [0.1, 0.15) is 49.1 Å². The number of carbonyl (C=O) groups is 3. The second-order valence-corrected chi connectivity index (χ2v) is 9.47. The molecule has 7 nitrogen and oxygen atoms in total. The van der Waals surface area contributed by atoms with E-state index in [2.05, 4.69) is 9.97 Å². The van der Waals surface area contributed by atoms with E-state index in [1.54, 1.807) is 49.4 Å². The molecule has 1 aromatic heterocycles. The number of benzene rings is 4. The Morgan fingerprint density at radius 1 is 0.757 bits per heavy atom. The molecule has 178 valence electrons. The molecule has 37 heavy (non-hydrogen) atoms. The standard InChI is InChI=1S/C30H19N3O4/c1-14-3-5-16(6-4-14)28-31-22-12-7-17(13-23(22)32-28)33-29(36)20-10-8-18-24-19(27(35)15(2)26(18)34)9-11-21(25(20)24)30(33)37/h3-13,34H,1-2H3,(H,31,32). The average Bonchev–Trinajstić information content (AvgIpc) is 3.33. The molecule has 1 aliphatic carbocycles. The highest BCUT2D eigenvalue weighted by Gasteiger charge is 2.37. The highest BCUT2D eigenvalue weighted by Crippen LogP contribution is 2.41. The summed E-state index contributed by atoms with van der Waals surface area (Å²) in [6, 6.07) is 19.6. The van der Waals surface area contributed by atoms with Gasteiger partial charge < -0.3 is 10.1 Å². The predicted octanol–water partition coefficient (Wildman–Crippen LogP) is 5.98. The van der Waals surface area contributed by atoms with Crippen molar-refractivity contribution in [1.82, 2.24) is 9.97 Å². The van der Waals surface area contributed by atoms with Crippen LogP contribution in [0.3, 0.4) is 0 Å². The molecule has 0 atom stereocenters. The van der Waals surface area contributed by atoms with Crippen LogP contribution < -0.4 is 4.90 Å². The van der Waals surface area contributed by atoms with Gasteiger partial charge in [-0.15, -0.1) is 0 Å². The molecule has 2 aliphatic rings. The van der Waals surface area contributed by atoms with Crippen LogP contribution in [0.2, 0.25) is 0 Å². The minimum absolute atomic E-state index is 0.127. The molecule has 7 rings (SSSR count). The third-order valence-electron chi connectivity index (χ3n) is 7.27. The monoisotopic (exact) mass is 485 g/mol. The molecule has 0 saturated carbocycles. The third-order valence-corrected chi connectivity index (χ3v) is 7.27. The third kappa shape index (κ3) is 2.82. The first kappa shape index (κ1) is 21.3. The van der Waals surface area contributed by atoms with Crippen molar-refractivity contribution >= 4 is 50.9 Å². The van der Waals surface area contributed by atoms with Gasteiger partial charge in [0.25, 0.3) is 11.8 Å². The van der Waals surface area contributed by atoms with Crippen molar-refractivity contribution in [2.24, 2.45) is 0 Å². The first-order valence-electron chi connectivity index (χ1n) is 11.8. The van der Waals surface area contributed by atoms with E-state index in [0.717, 1.165) is 16.0 Å². The molecule has 0 saturated heterocycles. The van der Waals surface area contributed by atoms with Gasteiger partial charge in [-0.05, 0) is 56.3 Å². The van der Waals surface area contributed by atoms with Crippen molar-refractivity contribution in [3.8, 4) is 11.4 Å². The minimum atomic E-state index is -0.489. The number of carbonyl (C=O) groups excluding carboxylic acids is 3. The number of fused-ring (bicyclic) bond motifs is 1. The molecule has 0 bridgehead atoms. The molecule has 5 aromatic rings. The molecule has 2 heterocycles. The number of imidazole rings is 1. The number of imide groups is 1. The number of allylic oxidation sites excluding steroid dienone is 1. The largest absolute Gasteiger partial charge is 0.507 e. The van der Waals surface area contributed by atoms with Crippen molar-refractivity contribution < 1.29 is 19.5 Å². The average molecular weight is 485 g/mol. The van der Waals surface area contributed by atoms with E-state index < -0.39 is 11.8 Å². The number of anilines is 1. The highest BCUT2D eigenvalue weighted by molar-refractivity contribution is 6.38. The molecule has 4 aromatic carbocycles. The van der Waals surface area contributed by atoms with Crippen LogP contribution in [0, 0.1) is 6.92 Å². The summed E-state index contributed by atoms with van der Waals surface area (Å²) < 4.78 is 0. The topological polar surface area (TPSA) is 103 Å². The second kappa shape index (κ2) is 7.24. The van der Waals surface area contributed by atoms with Gasteiger partial charge in [-0.25, -0.2) is 9.88 Å². The summed E-state index contributed by atoms with van der Waals surface area (Å²) in [5.41, 5.74) is 5.58. The van der Waals surface area contributed by atoms with Crippen LogP contribution in [-0.4, -0.2) is 32.7 Å². The molecule has 7 heteroatoms. The number of ketones is 1. The lowest BCUT2D eigenvalue weighted by atomic mass is 9.82. The lowest BCUT2D eigenvalue weighted by molar-refractivity contribution is 0.0892. The van der Waals surface area contributed by atoms with E-state index in [1.165, 1.54) is 0 Å². The molecule has 1 aliphatic heterocycles. The number of aromatic amines is 1. The van der Waals surface area contributed by atoms with E-state index >= 15 is 0 Å². The first-order valence-corrected chi connectivity index (χ1v) is 11.8. The Hall–Kier alpha value is -5.04. The molecule has 0 radical (unpaired) electrons. The molecule has 0 unspecified atom stereocenters. The number of aryl methyl sites for hydroxylation is 1. The number of Topliss-reactive ketones (excluding diaryl/α,β-unsaturated/α-hetero) is 1. The van der Waals surface area contributed by atoms with Crippen molar-refractivity contribution in [2.45, 2.75) is 13.8 Å². The molecular formula is C30H19N3O4. The number of hydrogen-bond acceptors (Lipinski definition) is 5. The number of rotatable bonds is 2. The van der Waals surface area contributed by atoms with Gasteiger partial charge in [0.15, 0.2) is 5.78 Å². The Labute approximate surface area is 210 Å². The Morgan fingerprint density at radius 3 is 2.08 bits per heavy atom. The van der Waals surface area contributed by atoms with E-state index in [4.69, 9.17) is 0 Å². The number of H-pyrrole nitrogens is 1. The van der Waals surface area contributed by atoms with Crippen LogP contribution in [-0.2, 0) is 0 Å². The first-order chi connectivity index (χ1) is 17.8. The SMILES string of the molecule is CC1=C(O)c2ccc3c4c(ccc(c24)C1=O)C(=O)N(c1ccc2nc(-c4ccc(C)cc4)[nH]c2c1)C3=O. The number of aromatic nitrogens is 2. The maximum Gasteiger partial charge on any atom is 0.265 e. The van der Waals surface area contributed by atoms with Crippen molar-refractivity contribution in [1.29, 1.82) is 0 Å². The van der Waals surface area contributed by atoms with Crippen LogP contribution in [0.25, 0.3) is 39.0 Å². The van der Waals surface area contributed by atoms with Gasteiger partial charge in [0.2, 0.25) is 0 Å². The number of aliphatic hydroxyl groups is 1. The van der Waals surface area contributed by atoms with Crippen molar-refractivity contribution in [3.05, 3.63) is 100 Å². The zero-order valence-electron chi connectivity index (χ0n) is 19.9. The predicted molar refractivity (Wildman–Crippen MR) is 141 cm³/mol. The Kier molecular flexibility index (Phi) is 4.16. The summed E-state index contributed by atoms with van der Waals surface area (Å²) in [5.74, 6) is -0.724. The summed E-state index contributed by atoms with van der Waals surface area (Å²) in [5, 5.41) is 11.5. The number of hydrogen-bond donors (Lipinski definition) is 2. The summed E-state index contributed by atoms with van der Waals surface area (Å²) in [6.07, 6.45) is 0. The zero-order valence-corrected chi connectivity index (χ0v) is 19.9. The summed E-state index contributed by atoms with van der Waals surface area (Å²) in [7, 11) is 0. The van der Waals surface area contributed by atoms with E-state index in [1.807, 2.05) is 31.2 Å². The van der Waals surface area contributed by atoms with Crippen molar-refractivity contribution in [3.63, 3.8) is 0 Å². The molecule has 2 amide bonds. The molecule has 0 fully saturated rings. The van der Waals surface area contributed by atoms with Gasteiger partial charge in [0.05, 0.1) is 16.7 Å². The zero-order chi connectivity index (χ0) is 25.6. The summed E-state index contributed by atoms with van der Waals surface area (Å²) >= 11 is 0. The van der Waals surface area contributed by atoms with Gasteiger partial charge in [-0.3, -0.25) is 14.4 Å². The smallest absolute Gasteiger partial charge is 0.265 e. The maximum atomic E-state index is 13.7. The summed E-state index contributed by atoms with van der Waals surface area (Å²) in [6.45, 7) is 3.58. The van der Waals surface area contributed by atoms with Gasteiger partial charge in [-0.1, -0.05) is 29.8 Å². The summed E-state index contributed by atoms with van der Waals surface area (Å²) in [4.78, 5) is 49.3. The van der Waals surface area contributed by atoms with E-state index in [-0.39, 0.29) is 17.1 Å². The Morgan fingerprint density at radius 2 is 1.38 bits per heavy atom. The van der Waals surface area contributed by atoms with Crippen LogP contribution in [0.15, 0.2) is 72.3 Å². The quantitative estimate of drug-likeness (QED) is 0.300. The molecular weight excluding hydrogens is 466 g/mol. The number of nitrogens with one attached hydrogen (secondary N) is 1. The molecule has 0 spiro atoms. The van der Waals surface area contributed by atoms with E-state index in [0.29, 0.717) is 55.6 Å². The number of nitrogens with zero attached hydrogens (tertiary/aromatic N) is 2. The van der Waals surface area contributed by atoms with Gasteiger partial charge in [-0.2, -0.15) is 0 Å². The lowest BCUT2D eigenvalue weighted by Crippen LogP contribution is -2.40. The Balaban J connectivity index is 1.37. The number of aliphatic hydroxyl groups excluding tert-OH is 1. The van der Waals surface area contributed by atoms with Crippen molar-refractivity contribution in [2.75, 3.05) is 4.90 Å². The fourth-order valence-electron chi connectivity index (χ4n) is 5.30. The normalized spacial score (nSPS) is 14.9. The van der Waals surface area contributed by atoms with E-state index in [9.17, 15) is 19.5 Å². The Bertz CT molecular complexity index is 1890. The second-order valence-electron chi connectivity index (χ2n) is 9.47. The minimum Gasteiger partial charge on any atom is -0.507 e. The fraction of sp³-hybridized carbons (Fsp3) is 0.0667. The van der Waals surface area contributed by atoms with Crippen LogP contribution in [0.4, 0.5) is 5.69 Å². The maximum absolute atomic E-state index is 13.7.